The van der Waals surface area contributed by atoms with Crippen molar-refractivity contribution in [1.29, 1.82) is 0 Å². The Labute approximate surface area is 85.0 Å². The predicted molar refractivity (Wildman–Crippen MR) is 52.2 cm³/mol. The van der Waals surface area contributed by atoms with Gasteiger partial charge in [0.2, 0.25) is 0 Å². The van der Waals surface area contributed by atoms with E-state index in [1.807, 2.05) is 0 Å². The van der Waals surface area contributed by atoms with E-state index in [1.165, 1.54) is 12.1 Å². The van der Waals surface area contributed by atoms with Crippen molar-refractivity contribution < 1.29 is 9.13 Å². The molecule has 1 aromatic rings. The summed E-state index contributed by atoms with van der Waals surface area (Å²) in [7, 11) is 0. The highest BCUT2D eigenvalue weighted by molar-refractivity contribution is 9.09. The van der Waals surface area contributed by atoms with Crippen LogP contribution < -0.4 is 0 Å². The Morgan fingerprint density at radius 3 is 2.54 bits per heavy atom. The maximum Gasteiger partial charge on any atom is 0.148 e. The molecule has 0 N–H and O–H groups in total. The molecule has 0 spiro atoms. The highest BCUT2D eigenvalue weighted by Gasteiger charge is 2.33. The lowest BCUT2D eigenvalue weighted by atomic mass is 10.1. The quantitative estimate of drug-likeness (QED) is 0.690. The standard InChI is InChI=1S/C10H10BrFO/c11-10(6-1-7-13-10)8-2-4-9(12)5-3-8/h2-5H,1,6-7H2. The monoisotopic (exact) mass is 244 g/mol. The van der Waals surface area contributed by atoms with Gasteiger partial charge in [-0.1, -0.05) is 12.1 Å². The molecule has 1 fully saturated rings. The third-order valence-corrected chi connectivity index (χ3v) is 3.33. The van der Waals surface area contributed by atoms with E-state index in [2.05, 4.69) is 15.9 Å². The summed E-state index contributed by atoms with van der Waals surface area (Å²) in [6, 6.07) is 6.44. The predicted octanol–water partition coefficient (Wildman–Crippen LogP) is 3.18. The first-order valence-corrected chi connectivity index (χ1v) is 5.09. The molecule has 13 heavy (non-hydrogen) atoms. The molecule has 0 aliphatic carbocycles. The van der Waals surface area contributed by atoms with Gasteiger partial charge in [0.25, 0.3) is 0 Å². The lowest BCUT2D eigenvalue weighted by molar-refractivity contribution is 0.0868. The second kappa shape index (κ2) is 3.39. The maximum absolute atomic E-state index is 12.6. The van der Waals surface area contributed by atoms with E-state index >= 15 is 0 Å². The van der Waals surface area contributed by atoms with Crippen molar-refractivity contribution in [2.75, 3.05) is 6.61 Å². The van der Waals surface area contributed by atoms with Crippen LogP contribution in [-0.4, -0.2) is 6.61 Å². The summed E-state index contributed by atoms with van der Waals surface area (Å²) in [5, 5.41) is 0. The summed E-state index contributed by atoms with van der Waals surface area (Å²) >= 11 is 3.53. The Hall–Kier alpha value is -0.410. The number of rotatable bonds is 1. The number of alkyl halides is 1. The molecule has 0 bridgehead atoms. The highest BCUT2D eigenvalue weighted by atomic mass is 79.9. The van der Waals surface area contributed by atoms with E-state index < -0.39 is 0 Å². The van der Waals surface area contributed by atoms with E-state index in [-0.39, 0.29) is 10.3 Å². The van der Waals surface area contributed by atoms with Gasteiger partial charge >= 0.3 is 0 Å². The molecule has 1 unspecified atom stereocenters. The van der Waals surface area contributed by atoms with Crippen LogP contribution in [0.4, 0.5) is 4.39 Å². The molecule has 0 saturated carbocycles. The molecule has 1 saturated heterocycles. The van der Waals surface area contributed by atoms with Crippen LogP contribution in [0.2, 0.25) is 0 Å². The first-order valence-electron chi connectivity index (χ1n) is 4.30. The molecule has 1 aliphatic heterocycles. The average molecular weight is 245 g/mol. The third-order valence-electron chi connectivity index (χ3n) is 2.25. The Morgan fingerprint density at radius 1 is 1.31 bits per heavy atom. The van der Waals surface area contributed by atoms with Gasteiger partial charge in [0, 0.05) is 6.61 Å². The minimum Gasteiger partial charge on any atom is -0.359 e. The van der Waals surface area contributed by atoms with Crippen LogP contribution in [0, 0.1) is 5.82 Å². The first kappa shape index (κ1) is 9.16. The second-order valence-electron chi connectivity index (χ2n) is 3.19. The fourth-order valence-corrected chi connectivity index (χ4v) is 2.24. The highest BCUT2D eigenvalue weighted by Crippen LogP contribution is 2.41. The maximum atomic E-state index is 12.6. The Kier molecular flexibility index (Phi) is 2.39. The van der Waals surface area contributed by atoms with Crippen LogP contribution in [0.5, 0.6) is 0 Å². The smallest absolute Gasteiger partial charge is 0.148 e. The molecular formula is C10H10BrFO. The van der Waals surface area contributed by atoms with Crippen LogP contribution >= 0.6 is 15.9 Å². The number of halogens is 2. The molecule has 3 heteroatoms. The molecule has 1 aromatic carbocycles. The van der Waals surface area contributed by atoms with Crippen molar-refractivity contribution in [2.24, 2.45) is 0 Å². The third kappa shape index (κ3) is 1.76. The summed E-state index contributed by atoms with van der Waals surface area (Å²) in [6.45, 7) is 0.766. The zero-order valence-electron chi connectivity index (χ0n) is 7.09. The Bertz CT molecular complexity index is 290. The average Bonchev–Trinajstić information content (AvgIpc) is 2.54. The number of ether oxygens (including phenoxy) is 1. The van der Waals surface area contributed by atoms with E-state index in [9.17, 15) is 4.39 Å². The van der Waals surface area contributed by atoms with E-state index in [1.54, 1.807) is 12.1 Å². The van der Waals surface area contributed by atoms with Crippen molar-refractivity contribution in [1.82, 2.24) is 0 Å². The van der Waals surface area contributed by atoms with Gasteiger partial charge in [-0.25, -0.2) is 4.39 Å². The van der Waals surface area contributed by atoms with Crippen molar-refractivity contribution in [3.05, 3.63) is 35.6 Å². The molecule has 1 nitrogen and oxygen atoms in total. The summed E-state index contributed by atoms with van der Waals surface area (Å²) in [5.41, 5.74) is 0.992. The molecule has 0 radical (unpaired) electrons. The van der Waals surface area contributed by atoms with E-state index in [4.69, 9.17) is 4.74 Å². The van der Waals surface area contributed by atoms with Gasteiger partial charge in [0.1, 0.15) is 10.3 Å². The fourth-order valence-electron chi connectivity index (χ4n) is 1.53. The SMILES string of the molecule is Fc1ccc(C2(Br)CCCO2)cc1. The molecule has 1 heterocycles. The zero-order valence-corrected chi connectivity index (χ0v) is 8.68. The molecule has 0 amide bonds. The number of hydrogen-bond acceptors (Lipinski definition) is 1. The van der Waals surface area contributed by atoms with Crippen molar-refractivity contribution in [3.8, 4) is 0 Å². The van der Waals surface area contributed by atoms with Crippen LogP contribution in [0.25, 0.3) is 0 Å². The van der Waals surface area contributed by atoms with Gasteiger partial charge in [-0.15, -0.1) is 0 Å². The van der Waals surface area contributed by atoms with Gasteiger partial charge < -0.3 is 4.74 Å². The Balaban J connectivity index is 2.29. The topological polar surface area (TPSA) is 9.23 Å². The minimum absolute atomic E-state index is 0.210. The summed E-state index contributed by atoms with van der Waals surface area (Å²) in [5.74, 6) is -0.210. The summed E-state index contributed by atoms with van der Waals surface area (Å²) in [6.07, 6.45) is 1.99. The van der Waals surface area contributed by atoms with E-state index in [0.29, 0.717) is 0 Å². The molecule has 1 atom stereocenters. The molecule has 2 rings (SSSR count). The summed E-state index contributed by atoms with van der Waals surface area (Å²) in [4.78, 5) is 0. The molecule has 70 valence electrons. The van der Waals surface area contributed by atoms with Gasteiger partial charge in [-0.3, -0.25) is 0 Å². The van der Waals surface area contributed by atoms with Crippen molar-refractivity contribution in [2.45, 2.75) is 17.4 Å². The van der Waals surface area contributed by atoms with Crippen LogP contribution in [0.1, 0.15) is 18.4 Å². The number of benzene rings is 1. The van der Waals surface area contributed by atoms with Gasteiger partial charge in [-0.05, 0) is 46.5 Å². The van der Waals surface area contributed by atoms with Gasteiger partial charge in [-0.2, -0.15) is 0 Å². The summed E-state index contributed by atoms with van der Waals surface area (Å²) < 4.78 is 17.8. The van der Waals surface area contributed by atoms with Crippen LogP contribution in [-0.2, 0) is 9.25 Å². The van der Waals surface area contributed by atoms with Crippen molar-refractivity contribution in [3.63, 3.8) is 0 Å². The zero-order chi connectivity index (χ0) is 9.31. The second-order valence-corrected chi connectivity index (χ2v) is 4.47. The van der Waals surface area contributed by atoms with Crippen LogP contribution in [0.3, 0.4) is 0 Å². The lowest BCUT2D eigenvalue weighted by Crippen LogP contribution is -2.15. The molecule has 1 aliphatic rings. The minimum atomic E-state index is -0.374. The largest absolute Gasteiger partial charge is 0.359 e. The molecule has 0 aromatic heterocycles. The number of hydrogen-bond donors (Lipinski definition) is 0. The first-order chi connectivity index (χ1) is 6.21. The van der Waals surface area contributed by atoms with Gasteiger partial charge in [0.15, 0.2) is 0 Å². The molecular weight excluding hydrogens is 235 g/mol. The fraction of sp³-hybridized carbons (Fsp3) is 0.400. The Morgan fingerprint density at radius 2 is 2.00 bits per heavy atom. The lowest BCUT2D eigenvalue weighted by Gasteiger charge is -2.21. The van der Waals surface area contributed by atoms with Crippen molar-refractivity contribution >= 4 is 15.9 Å². The van der Waals surface area contributed by atoms with Crippen LogP contribution in [0.15, 0.2) is 24.3 Å². The van der Waals surface area contributed by atoms with E-state index in [0.717, 1.165) is 25.0 Å². The van der Waals surface area contributed by atoms with Gasteiger partial charge in [0.05, 0.1) is 0 Å². The normalized spacial score (nSPS) is 27.8.